The Bertz CT molecular complexity index is 183. The van der Waals surface area contributed by atoms with Gasteiger partial charge in [-0.3, -0.25) is 0 Å². The van der Waals surface area contributed by atoms with Crippen LogP contribution in [0.15, 0.2) is 12.2 Å². The van der Waals surface area contributed by atoms with Crippen LogP contribution in [0.4, 0.5) is 0 Å². The Balaban J connectivity index is 2.02. The van der Waals surface area contributed by atoms with E-state index in [1.54, 1.807) is 0 Å². The fraction of sp³-hybridized carbons (Fsp3) is 0.846. The van der Waals surface area contributed by atoms with Crippen LogP contribution in [0.2, 0.25) is 0 Å². The SMILES string of the molecule is C=C(C)CN(C)CCCC1CCCNC1. The van der Waals surface area contributed by atoms with Crippen molar-refractivity contribution in [3.05, 3.63) is 12.2 Å². The van der Waals surface area contributed by atoms with E-state index in [0.717, 1.165) is 12.5 Å². The third-order valence-corrected chi connectivity index (χ3v) is 3.09. The van der Waals surface area contributed by atoms with Gasteiger partial charge in [0.05, 0.1) is 0 Å². The molecule has 88 valence electrons. The molecule has 1 saturated heterocycles. The van der Waals surface area contributed by atoms with Crippen LogP contribution in [-0.2, 0) is 0 Å². The molecule has 0 aromatic rings. The minimum Gasteiger partial charge on any atom is -0.316 e. The molecule has 0 bridgehead atoms. The first-order chi connectivity index (χ1) is 7.18. The molecule has 1 heterocycles. The van der Waals surface area contributed by atoms with Crippen LogP contribution in [0, 0.1) is 5.92 Å². The van der Waals surface area contributed by atoms with Crippen molar-refractivity contribution >= 4 is 0 Å². The Labute approximate surface area is 94.7 Å². The number of rotatable bonds is 6. The predicted molar refractivity (Wildman–Crippen MR) is 67.1 cm³/mol. The second-order valence-corrected chi connectivity index (χ2v) is 5.05. The summed E-state index contributed by atoms with van der Waals surface area (Å²) in [6.45, 7) is 10.8. The van der Waals surface area contributed by atoms with Gasteiger partial charge in [0.15, 0.2) is 0 Å². The van der Waals surface area contributed by atoms with E-state index in [1.165, 1.54) is 50.9 Å². The predicted octanol–water partition coefficient (Wildman–Crippen LogP) is 2.27. The highest BCUT2D eigenvalue weighted by Gasteiger charge is 2.12. The largest absolute Gasteiger partial charge is 0.316 e. The van der Waals surface area contributed by atoms with Gasteiger partial charge in [0.2, 0.25) is 0 Å². The zero-order valence-electron chi connectivity index (χ0n) is 10.4. The van der Waals surface area contributed by atoms with E-state index in [9.17, 15) is 0 Å². The number of nitrogens with one attached hydrogen (secondary N) is 1. The normalized spacial score (nSPS) is 21.9. The van der Waals surface area contributed by atoms with Gasteiger partial charge in [0.25, 0.3) is 0 Å². The molecule has 1 fully saturated rings. The lowest BCUT2D eigenvalue weighted by molar-refractivity contribution is 0.305. The quantitative estimate of drug-likeness (QED) is 0.677. The molecule has 0 aliphatic carbocycles. The van der Waals surface area contributed by atoms with Gasteiger partial charge in [-0.25, -0.2) is 0 Å². The Morgan fingerprint density at radius 3 is 2.93 bits per heavy atom. The maximum atomic E-state index is 3.94. The van der Waals surface area contributed by atoms with Gasteiger partial charge >= 0.3 is 0 Å². The third-order valence-electron chi connectivity index (χ3n) is 3.09. The van der Waals surface area contributed by atoms with Gasteiger partial charge in [0, 0.05) is 6.54 Å². The molecule has 0 amide bonds. The van der Waals surface area contributed by atoms with E-state index in [0.29, 0.717) is 0 Å². The molecule has 1 aliphatic heterocycles. The van der Waals surface area contributed by atoms with Gasteiger partial charge in [-0.2, -0.15) is 0 Å². The van der Waals surface area contributed by atoms with Crippen LogP contribution in [0.5, 0.6) is 0 Å². The molecule has 0 saturated carbocycles. The van der Waals surface area contributed by atoms with E-state index in [4.69, 9.17) is 0 Å². The standard InChI is InChI=1S/C13H26N2/c1-12(2)11-15(3)9-5-7-13-6-4-8-14-10-13/h13-14H,1,4-11H2,2-3H3. The summed E-state index contributed by atoms with van der Waals surface area (Å²) >= 11 is 0. The molecule has 0 radical (unpaired) electrons. The Morgan fingerprint density at radius 2 is 2.33 bits per heavy atom. The summed E-state index contributed by atoms with van der Waals surface area (Å²) in [4.78, 5) is 2.37. The number of hydrogen-bond acceptors (Lipinski definition) is 2. The van der Waals surface area contributed by atoms with Crippen LogP contribution in [-0.4, -0.2) is 38.1 Å². The van der Waals surface area contributed by atoms with Gasteiger partial charge in [-0.15, -0.1) is 0 Å². The van der Waals surface area contributed by atoms with Gasteiger partial charge in [-0.05, 0) is 65.2 Å². The maximum Gasteiger partial charge on any atom is 0.0184 e. The summed E-state index contributed by atoms with van der Waals surface area (Å²) in [7, 11) is 2.19. The van der Waals surface area contributed by atoms with Crippen molar-refractivity contribution in [2.24, 2.45) is 5.92 Å². The maximum absolute atomic E-state index is 3.94. The van der Waals surface area contributed by atoms with E-state index in [1.807, 2.05) is 0 Å². The number of hydrogen-bond donors (Lipinski definition) is 1. The first-order valence-electron chi connectivity index (χ1n) is 6.22. The highest BCUT2D eigenvalue weighted by atomic mass is 15.1. The lowest BCUT2D eigenvalue weighted by Crippen LogP contribution is -2.30. The molecule has 1 unspecified atom stereocenters. The monoisotopic (exact) mass is 210 g/mol. The second kappa shape index (κ2) is 7.02. The lowest BCUT2D eigenvalue weighted by Gasteiger charge is -2.24. The first kappa shape index (κ1) is 12.7. The van der Waals surface area contributed by atoms with Crippen LogP contribution in [0.25, 0.3) is 0 Å². The summed E-state index contributed by atoms with van der Waals surface area (Å²) in [6, 6.07) is 0. The van der Waals surface area contributed by atoms with Crippen LogP contribution < -0.4 is 5.32 Å². The van der Waals surface area contributed by atoms with E-state index in [-0.39, 0.29) is 0 Å². The minimum atomic E-state index is 0.928. The van der Waals surface area contributed by atoms with Gasteiger partial charge in [0.1, 0.15) is 0 Å². The highest BCUT2D eigenvalue weighted by Crippen LogP contribution is 2.15. The molecule has 1 N–H and O–H groups in total. The number of nitrogens with zero attached hydrogens (tertiary/aromatic N) is 1. The average Bonchev–Trinajstić information content (AvgIpc) is 2.18. The van der Waals surface area contributed by atoms with Crippen molar-refractivity contribution in [3.8, 4) is 0 Å². The van der Waals surface area contributed by atoms with Gasteiger partial charge in [-0.1, -0.05) is 12.2 Å². The lowest BCUT2D eigenvalue weighted by atomic mass is 9.95. The number of piperidine rings is 1. The minimum absolute atomic E-state index is 0.928. The van der Waals surface area contributed by atoms with E-state index < -0.39 is 0 Å². The molecule has 1 atom stereocenters. The molecular formula is C13H26N2. The smallest absolute Gasteiger partial charge is 0.0184 e. The fourth-order valence-electron chi connectivity index (χ4n) is 2.36. The molecule has 1 rings (SSSR count). The van der Waals surface area contributed by atoms with Crippen molar-refractivity contribution in [3.63, 3.8) is 0 Å². The second-order valence-electron chi connectivity index (χ2n) is 5.05. The van der Waals surface area contributed by atoms with Crippen LogP contribution >= 0.6 is 0 Å². The molecule has 0 spiro atoms. The fourth-order valence-corrected chi connectivity index (χ4v) is 2.36. The summed E-state index contributed by atoms with van der Waals surface area (Å²) in [6.07, 6.45) is 5.51. The van der Waals surface area contributed by atoms with Crippen LogP contribution in [0.3, 0.4) is 0 Å². The van der Waals surface area contributed by atoms with E-state index in [2.05, 4.69) is 30.8 Å². The van der Waals surface area contributed by atoms with E-state index >= 15 is 0 Å². The molecule has 0 aromatic heterocycles. The zero-order valence-corrected chi connectivity index (χ0v) is 10.4. The molecule has 2 heteroatoms. The van der Waals surface area contributed by atoms with Crippen molar-refractivity contribution in [2.75, 3.05) is 33.2 Å². The van der Waals surface area contributed by atoms with Crippen molar-refractivity contribution in [1.82, 2.24) is 10.2 Å². The van der Waals surface area contributed by atoms with Crippen molar-refractivity contribution in [1.29, 1.82) is 0 Å². The summed E-state index contributed by atoms with van der Waals surface area (Å²) in [5.74, 6) is 0.928. The summed E-state index contributed by atoms with van der Waals surface area (Å²) in [5.41, 5.74) is 1.26. The molecule has 1 aliphatic rings. The van der Waals surface area contributed by atoms with Crippen molar-refractivity contribution in [2.45, 2.75) is 32.6 Å². The Kier molecular flexibility index (Phi) is 5.96. The number of likely N-dealkylation sites (N-methyl/N-ethyl adjacent to an activating group) is 1. The topological polar surface area (TPSA) is 15.3 Å². The average molecular weight is 210 g/mol. The first-order valence-corrected chi connectivity index (χ1v) is 6.22. The van der Waals surface area contributed by atoms with Gasteiger partial charge < -0.3 is 10.2 Å². The molecule has 2 nitrogen and oxygen atoms in total. The third kappa shape index (κ3) is 5.95. The molecular weight excluding hydrogens is 184 g/mol. The molecule has 0 aromatic carbocycles. The van der Waals surface area contributed by atoms with Crippen LogP contribution in [0.1, 0.15) is 32.6 Å². The highest BCUT2D eigenvalue weighted by molar-refractivity contribution is 4.90. The summed E-state index contributed by atoms with van der Waals surface area (Å²) in [5, 5.41) is 3.48. The molecule has 15 heavy (non-hydrogen) atoms. The Hall–Kier alpha value is -0.340. The Morgan fingerprint density at radius 1 is 1.53 bits per heavy atom. The summed E-state index contributed by atoms with van der Waals surface area (Å²) < 4.78 is 0. The zero-order chi connectivity index (χ0) is 11.1. The van der Waals surface area contributed by atoms with Crippen molar-refractivity contribution < 1.29 is 0 Å².